The van der Waals surface area contributed by atoms with Crippen molar-refractivity contribution in [2.75, 3.05) is 13.1 Å². The van der Waals surface area contributed by atoms with Crippen molar-refractivity contribution in [2.24, 2.45) is 5.92 Å². The SMILES string of the molecule is Cc1ccc(C(=O)N2CCCCC2CCn2cc(C(=O)NCC3CC3)nn2)s1. The Morgan fingerprint density at radius 3 is 2.86 bits per heavy atom. The zero-order valence-electron chi connectivity index (χ0n) is 16.3. The van der Waals surface area contributed by atoms with Crippen LogP contribution in [0.3, 0.4) is 0 Å². The predicted molar refractivity (Wildman–Crippen MR) is 107 cm³/mol. The Bertz CT molecular complexity index is 841. The van der Waals surface area contributed by atoms with Crippen LogP contribution in [0.5, 0.6) is 0 Å². The largest absolute Gasteiger partial charge is 0.350 e. The minimum Gasteiger partial charge on any atom is -0.350 e. The molecule has 150 valence electrons. The zero-order valence-corrected chi connectivity index (χ0v) is 17.1. The standard InChI is InChI=1S/C20H27N5O2S/c1-14-5-8-18(28-14)20(27)25-10-3-2-4-16(25)9-11-24-13-17(22-23-24)19(26)21-12-15-6-7-15/h5,8,13,15-16H,2-4,6-7,9-12H2,1H3,(H,21,26). The van der Waals surface area contributed by atoms with Crippen LogP contribution < -0.4 is 5.32 Å². The molecule has 8 heteroatoms. The van der Waals surface area contributed by atoms with E-state index in [1.807, 2.05) is 24.0 Å². The number of hydrogen-bond acceptors (Lipinski definition) is 5. The number of likely N-dealkylation sites (tertiary alicyclic amines) is 1. The number of nitrogens with one attached hydrogen (secondary N) is 1. The van der Waals surface area contributed by atoms with E-state index in [1.54, 1.807) is 22.2 Å². The Balaban J connectivity index is 1.33. The summed E-state index contributed by atoms with van der Waals surface area (Å²) in [5.41, 5.74) is 0.367. The number of amides is 2. The molecule has 1 unspecified atom stereocenters. The first-order valence-corrected chi connectivity index (χ1v) is 11.0. The highest BCUT2D eigenvalue weighted by Crippen LogP contribution is 2.27. The van der Waals surface area contributed by atoms with Crippen molar-refractivity contribution in [2.45, 2.75) is 58.0 Å². The molecule has 7 nitrogen and oxygen atoms in total. The summed E-state index contributed by atoms with van der Waals surface area (Å²) in [7, 11) is 0. The lowest BCUT2D eigenvalue weighted by Gasteiger charge is -2.35. The van der Waals surface area contributed by atoms with Crippen LogP contribution in [0, 0.1) is 12.8 Å². The van der Waals surface area contributed by atoms with Crippen LogP contribution in [0.15, 0.2) is 18.3 Å². The summed E-state index contributed by atoms with van der Waals surface area (Å²) in [5.74, 6) is 0.628. The fraction of sp³-hybridized carbons (Fsp3) is 0.600. The second kappa shape index (κ2) is 8.43. The van der Waals surface area contributed by atoms with Gasteiger partial charge < -0.3 is 10.2 Å². The Kier molecular flexibility index (Phi) is 5.75. The summed E-state index contributed by atoms with van der Waals surface area (Å²) >= 11 is 1.56. The van der Waals surface area contributed by atoms with E-state index >= 15 is 0 Å². The van der Waals surface area contributed by atoms with Gasteiger partial charge in [0.1, 0.15) is 0 Å². The van der Waals surface area contributed by atoms with Gasteiger partial charge in [-0.3, -0.25) is 14.3 Å². The first-order chi connectivity index (χ1) is 13.6. The summed E-state index contributed by atoms with van der Waals surface area (Å²) < 4.78 is 1.72. The van der Waals surface area contributed by atoms with Crippen molar-refractivity contribution in [3.05, 3.63) is 33.8 Å². The number of piperidine rings is 1. The molecule has 3 heterocycles. The second-order valence-electron chi connectivity index (χ2n) is 7.87. The van der Waals surface area contributed by atoms with Crippen LogP contribution >= 0.6 is 11.3 Å². The highest BCUT2D eigenvalue weighted by Gasteiger charge is 2.28. The van der Waals surface area contributed by atoms with Gasteiger partial charge in [0.2, 0.25) is 0 Å². The molecule has 1 atom stereocenters. The number of hydrogen-bond donors (Lipinski definition) is 1. The number of thiophene rings is 1. The number of rotatable bonds is 7. The summed E-state index contributed by atoms with van der Waals surface area (Å²) in [4.78, 5) is 29.0. The van der Waals surface area contributed by atoms with Gasteiger partial charge in [0, 0.05) is 30.6 Å². The molecule has 1 saturated carbocycles. The molecule has 1 aliphatic carbocycles. The van der Waals surface area contributed by atoms with E-state index in [4.69, 9.17) is 0 Å². The highest BCUT2D eigenvalue weighted by molar-refractivity contribution is 7.13. The molecular weight excluding hydrogens is 374 g/mol. The van der Waals surface area contributed by atoms with Crippen molar-refractivity contribution in [1.29, 1.82) is 0 Å². The minimum absolute atomic E-state index is 0.140. The van der Waals surface area contributed by atoms with Gasteiger partial charge >= 0.3 is 0 Å². The molecule has 2 amide bonds. The Hall–Kier alpha value is -2.22. The average molecular weight is 402 g/mol. The Labute approximate surface area is 169 Å². The lowest BCUT2D eigenvalue weighted by atomic mass is 9.99. The van der Waals surface area contributed by atoms with Crippen LogP contribution in [0.25, 0.3) is 0 Å². The Morgan fingerprint density at radius 1 is 1.25 bits per heavy atom. The number of aromatic nitrogens is 3. The van der Waals surface area contributed by atoms with E-state index in [-0.39, 0.29) is 17.9 Å². The number of carbonyl (C=O) groups excluding carboxylic acids is 2. The molecule has 4 rings (SSSR count). The molecule has 1 saturated heterocycles. The molecule has 28 heavy (non-hydrogen) atoms. The smallest absolute Gasteiger partial charge is 0.273 e. The number of aryl methyl sites for hydroxylation is 2. The lowest BCUT2D eigenvalue weighted by molar-refractivity contribution is 0.0598. The molecular formula is C20H27N5O2S. The molecule has 2 aromatic rings. The van der Waals surface area contributed by atoms with Crippen LogP contribution in [0.1, 0.15) is 63.6 Å². The van der Waals surface area contributed by atoms with Gasteiger partial charge in [0.15, 0.2) is 5.69 Å². The monoisotopic (exact) mass is 401 g/mol. The van der Waals surface area contributed by atoms with E-state index in [0.717, 1.165) is 48.5 Å². The highest BCUT2D eigenvalue weighted by atomic mass is 32.1. The van der Waals surface area contributed by atoms with Crippen LogP contribution in [0.2, 0.25) is 0 Å². The summed E-state index contributed by atoms with van der Waals surface area (Å²) in [6.07, 6.45) is 8.15. The van der Waals surface area contributed by atoms with E-state index in [2.05, 4.69) is 15.6 Å². The third-order valence-corrected chi connectivity index (χ3v) is 6.54. The lowest BCUT2D eigenvalue weighted by Crippen LogP contribution is -2.44. The summed E-state index contributed by atoms with van der Waals surface area (Å²) in [6, 6.07) is 4.14. The first kappa shape index (κ1) is 19.1. The topological polar surface area (TPSA) is 80.1 Å². The van der Waals surface area contributed by atoms with Gasteiger partial charge in [0.05, 0.1) is 11.1 Å². The molecule has 1 aliphatic heterocycles. The summed E-state index contributed by atoms with van der Waals surface area (Å²) in [5, 5.41) is 11.0. The normalized spacial score (nSPS) is 19.6. The summed E-state index contributed by atoms with van der Waals surface area (Å²) in [6.45, 7) is 4.22. The number of nitrogens with zero attached hydrogens (tertiary/aromatic N) is 4. The fourth-order valence-corrected chi connectivity index (χ4v) is 4.53. The molecule has 1 N–H and O–H groups in total. The van der Waals surface area contributed by atoms with E-state index in [0.29, 0.717) is 18.2 Å². The van der Waals surface area contributed by atoms with Crippen LogP contribution in [-0.4, -0.2) is 50.8 Å². The molecule has 0 spiro atoms. The van der Waals surface area contributed by atoms with E-state index in [1.165, 1.54) is 12.8 Å². The predicted octanol–water partition coefficient (Wildman–Crippen LogP) is 2.87. The first-order valence-electron chi connectivity index (χ1n) is 10.2. The molecule has 0 aromatic carbocycles. The minimum atomic E-state index is -0.152. The van der Waals surface area contributed by atoms with Gasteiger partial charge in [-0.15, -0.1) is 16.4 Å². The van der Waals surface area contributed by atoms with E-state index in [9.17, 15) is 9.59 Å². The van der Waals surface area contributed by atoms with Crippen molar-refractivity contribution in [1.82, 2.24) is 25.2 Å². The maximum atomic E-state index is 12.9. The second-order valence-corrected chi connectivity index (χ2v) is 9.16. The Morgan fingerprint density at radius 2 is 2.11 bits per heavy atom. The third kappa shape index (κ3) is 4.60. The molecule has 2 aromatic heterocycles. The van der Waals surface area contributed by atoms with E-state index < -0.39 is 0 Å². The van der Waals surface area contributed by atoms with Crippen LogP contribution in [0.4, 0.5) is 0 Å². The van der Waals surface area contributed by atoms with Crippen molar-refractivity contribution in [3.8, 4) is 0 Å². The number of carbonyl (C=O) groups is 2. The molecule has 2 aliphatic rings. The van der Waals surface area contributed by atoms with Gasteiger partial charge in [-0.1, -0.05) is 5.21 Å². The van der Waals surface area contributed by atoms with Crippen LogP contribution in [-0.2, 0) is 6.54 Å². The average Bonchev–Trinajstić information content (AvgIpc) is 3.24. The quantitative estimate of drug-likeness (QED) is 0.774. The van der Waals surface area contributed by atoms with Gasteiger partial charge in [0.25, 0.3) is 11.8 Å². The van der Waals surface area contributed by atoms with Crippen molar-refractivity contribution < 1.29 is 9.59 Å². The van der Waals surface area contributed by atoms with Gasteiger partial charge in [-0.25, -0.2) is 0 Å². The van der Waals surface area contributed by atoms with Crippen molar-refractivity contribution >= 4 is 23.2 Å². The van der Waals surface area contributed by atoms with Crippen molar-refractivity contribution in [3.63, 3.8) is 0 Å². The maximum Gasteiger partial charge on any atom is 0.273 e. The maximum absolute atomic E-state index is 12.9. The molecule has 0 radical (unpaired) electrons. The fourth-order valence-electron chi connectivity index (χ4n) is 3.70. The molecule has 2 fully saturated rings. The molecule has 0 bridgehead atoms. The zero-order chi connectivity index (χ0) is 19.5. The third-order valence-electron chi connectivity index (χ3n) is 5.55. The van der Waals surface area contributed by atoms with Gasteiger partial charge in [-0.05, 0) is 63.5 Å². The van der Waals surface area contributed by atoms with Gasteiger partial charge in [-0.2, -0.15) is 0 Å².